The number of nitrogens with two attached hydrogens (primary N) is 1. The number of carbonyl (C=O) groups excluding carboxylic acids is 2. The molecule has 33 heavy (non-hydrogen) atoms. The predicted molar refractivity (Wildman–Crippen MR) is 125 cm³/mol. The average molecular weight is 446 g/mol. The number of anilines is 3. The standard InChI is InChI=1S/C24H22N4O5/c1-31-7-8-33-23-12-20-18(11-22(23)32-2)24(27-13-26-20)28-14-3-5-19(25)16(9-14)17-10-15(29)4-6-21(17)30/h3-6,9-13H,7-8,25H2,1-2H3,(H,26,27,28). The zero-order valence-electron chi connectivity index (χ0n) is 18.1. The summed E-state index contributed by atoms with van der Waals surface area (Å²) in [5.74, 6) is 1.05. The molecule has 1 aliphatic rings. The summed E-state index contributed by atoms with van der Waals surface area (Å²) in [6.07, 6.45) is 5.20. The molecule has 0 amide bonds. The second-order valence-electron chi connectivity index (χ2n) is 7.17. The molecule has 0 saturated carbocycles. The van der Waals surface area contributed by atoms with Gasteiger partial charge in [0.2, 0.25) is 0 Å². The summed E-state index contributed by atoms with van der Waals surface area (Å²) in [7, 11) is 3.15. The topological polar surface area (TPSA) is 126 Å². The molecule has 2 aromatic carbocycles. The van der Waals surface area contributed by atoms with Crippen LogP contribution in [0.1, 0.15) is 5.56 Å². The molecule has 1 heterocycles. The molecule has 0 fully saturated rings. The molecule has 0 aliphatic heterocycles. The van der Waals surface area contributed by atoms with Gasteiger partial charge in [-0.15, -0.1) is 0 Å². The van der Waals surface area contributed by atoms with Crippen LogP contribution in [0.4, 0.5) is 17.2 Å². The van der Waals surface area contributed by atoms with Crippen molar-refractivity contribution in [2.75, 3.05) is 38.5 Å². The SMILES string of the molecule is COCCOc1cc2ncnc(Nc3ccc(N)c(C4=CC(=O)C=CC4=O)c3)c2cc1OC. The Labute approximate surface area is 189 Å². The summed E-state index contributed by atoms with van der Waals surface area (Å²) in [5.41, 5.74) is 8.47. The van der Waals surface area contributed by atoms with Gasteiger partial charge in [-0.25, -0.2) is 9.97 Å². The van der Waals surface area contributed by atoms with Gasteiger partial charge in [0.1, 0.15) is 18.8 Å². The molecule has 3 aromatic rings. The van der Waals surface area contributed by atoms with E-state index in [1.165, 1.54) is 24.6 Å². The maximum Gasteiger partial charge on any atom is 0.186 e. The molecule has 0 unspecified atom stereocenters. The monoisotopic (exact) mass is 446 g/mol. The maximum atomic E-state index is 12.3. The normalized spacial score (nSPS) is 13.2. The van der Waals surface area contributed by atoms with Crippen LogP contribution in [-0.2, 0) is 14.3 Å². The molecule has 0 bridgehead atoms. The number of nitrogen functional groups attached to an aromatic ring is 1. The van der Waals surface area contributed by atoms with Crippen LogP contribution in [0.25, 0.3) is 16.5 Å². The van der Waals surface area contributed by atoms with Gasteiger partial charge in [-0.2, -0.15) is 0 Å². The van der Waals surface area contributed by atoms with Gasteiger partial charge in [0, 0.05) is 41.1 Å². The minimum Gasteiger partial charge on any atom is -0.493 e. The second kappa shape index (κ2) is 9.49. The Morgan fingerprint density at radius 2 is 1.85 bits per heavy atom. The summed E-state index contributed by atoms with van der Waals surface area (Å²) in [6.45, 7) is 0.812. The van der Waals surface area contributed by atoms with Crippen LogP contribution < -0.4 is 20.5 Å². The third-order valence-electron chi connectivity index (χ3n) is 5.02. The number of methoxy groups -OCH3 is 2. The van der Waals surface area contributed by atoms with Gasteiger partial charge in [0.15, 0.2) is 23.1 Å². The lowest BCUT2D eigenvalue weighted by Crippen LogP contribution is -2.09. The number of allylic oxidation sites excluding steroid dienone is 4. The first kappa shape index (κ1) is 22.0. The fourth-order valence-corrected chi connectivity index (χ4v) is 3.39. The van der Waals surface area contributed by atoms with Crippen molar-refractivity contribution in [1.29, 1.82) is 0 Å². The Bertz CT molecular complexity index is 1300. The van der Waals surface area contributed by atoms with E-state index in [1.807, 2.05) is 0 Å². The lowest BCUT2D eigenvalue weighted by Gasteiger charge is -2.15. The number of hydrogen-bond acceptors (Lipinski definition) is 9. The zero-order chi connectivity index (χ0) is 23.4. The van der Waals surface area contributed by atoms with Crippen LogP contribution >= 0.6 is 0 Å². The van der Waals surface area contributed by atoms with Gasteiger partial charge >= 0.3 is 0 Å². The molecular weight excluding hydrogens is 424 g/mol. The largest absolute Gasteiger partial charge is 0.493 e. The summed E-state index contributed by atoms with van der Waals surface area (Å²) in [4.78, 5) is 32.8. The number of fused-ring (bicyclic) bond motifs is 1. The highest BCUT2D eigenvalue weighted by Gasteiger charge is 2.18. The van der Waals surface area contributed by atoms with E-state index < -0.39 is 0 Å². The first-order chi connectivity index (χ1) is 16.0. The van der Waals surface area contributed by atoms with Crippen molar-refractivity contribution in [3.8, 4) is 11.5 Å². The summed E-state index contributed by atoms with van der Waals surface area (Å²) in [5, 5.41) is 3.94. The number of nitrogens with one attached hydrogen (secondary N) is 1. The molecule has 9 nitrogen and oxygen atoms in total. The number of carbonyl (C=O) groups is 2. The van der Waals surface area contributed by atoms with Crippen LogP contribution in [0.15, 0.2) is 54.9 Å². The molecule has 1 aliphatic carbocycles. The Morgan fingerprint density at radius 3 is 2.64 bits per heavy atom. The van der Waals surface area contributed by atoms with Crippen molar-refractivity contribution in [3.05, 3.63) is 60.5 Å². The van der Waals surface area contributed by atoms with Crippen molar-refractivity contribution >= 4 is 45.2 Å². The van der Waals surface area contributed by atoms with Crippen molar-refractivity contribution in [2.45, 2.75) is 0 Å². The van der Waals surface area contributed by atoms with Gasteiger partial charge in [-0.3, -0.25) is 9.59 Å². The number of hydrogen-bond donors (Lipinski definition) is 2. The first-order valence-electron chi connectivity index (χ1n) is 10.1. The summed E-state index contributed by atoms with van der Waals surface area (Å²) < 4.78 is 16.2. The molecule has 0 spiro atoms. The van der Waals surface area contributed by atoms with Crippen molar-refractivity contribution in [3.63, 3.8) is 0 Å². The quantitative estimate of drug-likeness (QED) is 0.305. The van der Waals surface area contributed by atoms with Gasteiger partial charge < -0.3 is 25.3 Å². The molecule has 3 N–H and O–H groups in total. The predicted octanol–water partition coefficient (Wildman–Crippen LogP) is 3.08. The van der Waals surface area contributed by atoms with E-state index in [4.69, 9.17) is 19.9 Å². The van der Waals surface area contributed by atoms with Crippen LogP contribution in [0.5, 0.6) is 11.5 Å². The number of aromatic nitrogens is 2. The Balaban J connectivity index is 1.69. The summed E-state index contributed by atoms with van der Waals surface area (Å²) in [6, 6.07) is 8.69. The minimum atomic E-state index is -0.281. The average Bonchev–Trinajstić information content (AvgIpc) is 2.82. The van der Waals surface area contributed by atoms with Gasteiger partial charge in [0.05, 0.1) is 19.2 Å². The maximum absolute atomic E-state index is 12.3. The second-order valence-corrected chi connectivity index (χ2v) is 7.17. The highest BCUT2D eigenvalue weighted by molar-refractivity contribution is 6.34. The Morgan fingerprint density at radius 1 is 1.00 bits per heavy atom. The molecule has 0 atom stereocenters. The molecule has 0 saturated heterocycles. The molecule has 9 heteroatoms. The van der Waals surface area contributed by atoms with Crippen LogP contribution in [-0.4, -0.2) is 49.0 Å². The van der Waals surface area contributed by atoms with E-state index >= 15 is 0 Å². The van der Waals surface area contributed by atoms with Crippen molar-refractivity contribution < 1.29 is 23.8 Å². The van der Waals surface area contributed by atoms with Crippen molar-refractivity contribution in [1.82, 2.24) is 9.97 Å². The third-order valence-corrected chi connectivity index (χ3v) is 5.02. The lowest BCUT2D eigenvalue weighted by atomic mass is 9.94. The highest BCUT2D eigenvalue weighted by atomic mass is 16.5. The smallest absolute Gasteiger partial charge is 0.186 e. The van der Waals surface area contributed by atoms with Crippen molar-refractivity contribution in [2.24, 2.45) is 0 Å². The van der Waals surface area contributed by atoms with Crippen LogP contribution in [0.2, 0.25) is 0 Å². The highest BCUT2D eigenvalue weighted by Crippen LogP contribution is 2.35. The molecule has 0 radical (unpaired) electrons. The van der Waals surface area contributed by atoms with E-state index in [2.05, 4.69) is 15.3 Å². The molecule has 1 aromatic heterocycles. The molecule has 4 rings (SSSR count). The van der Waals surface area contributed by atoms with E-state index in [-0.39, 0.29) is 17.1 Å². The fourth-order valence-electron chi connectivity index (χ4n) is 3.39. The van der Waals surface area contributed by atoms with Gasteiger partial charge in [-0.1, -0.05) is 0 Å². The lowest BCUT2D eigenvalue weighted by molar-refractivity contribution is -0.113. The number of rotatable bonds is 8. The number of ether oxygens (including phenoxy) is 3. The first-order valence-corrected chi connectivity index (χ1v) is 10.1. The summed E-state index contributed by atoms with van der Waals surface area (Å²) >= 11 is 0. The number of nitrogens with zero attached hydrogens (tertiary/aromatic N) is 2. The molecule has 168 valence electrons. The van der Waals surface area contributed by atoms with E-state index in [0.29, 0.717) is 58.4 Å². The van der Waals surface area contributed by atoms with Gasteiger partial charge in [-0.05, 0) is 42.5 Å². The fraction of sp³-hybridized carbons (Fsp3) is 0.167. The van der Waals surface area contributed by atoms with E-state index in [0.717, 1.165) is 0 Å². The number of ketones is 2. The third kappa shape index (κ3) is 4.68. The zero-order valence-corrected chi connectivity index (χ0v) is 18.1. The van der Waals surface area contributed by atoms with Crippen LogP contribution in [0.3, 0.4) is 0 Å². The molecular formula is C24H22N4O5. The Kier molecular flexibility index (Phi) is 6.32. The Hall–Kier alpha value is -4.24. The van der Waals surface area contributed by atoms with E-state index in [1.54, 1.807) is 44.6 Å². The van der Waals surface area contributed by atoms with E-state index in [9.17, 15) is 9.59 Å². The van der Waals surface area contributed by atoms with Gasteiger partial charge in [0.25, 0.3) is 0 Å². The number of benzene rings is 2. The van der Waals surface area contributed by atoms with Crippen LogP contribution in [0, 0.1) is 0 Å². The minimum absolute atomic E-state index is 0.246.